The summed E-state index contributed by atoms with van der Waals surface area (Å²) in [5, 5.41) is 2.89. The van der Waals surface area contributed by atoms with Crippen LogP contribution < -0.4 is 14.8 Å². The van der Waals surface area contributed by atoms with Gasteiger partial charge in [0.05, 0.1) is 13.2 Å². The van der Waals surface area contributed by atoms with Crippen molar-refractivity contribution in [1.82, 2.24) is 19.9 Å². The van der Waals surface area contributed by atoms with E-state index in [4.69, 9.17) is 9.15 Å². The lowest BCUT2D eigenvalue weighted by atomic mass is 10.0. The van der Waals surface area contributed by atoms with Gasteiger partial charge in [0.15, 0.2) is 5.69 Å². The highest BCUT2D eigenvalue weighted by molar-refractivity contribution is 7.90. The molecule has 1 unspecified atom stereocenters. The lowest BCUT2D eigenvalue weighted by Gasteiger charge is -2.24. The number of amides is 2. The summed E-state index contributed by atoms with van der Waals surface area (Å²) in [6.45, 7) is 3.83. The lowest BCUT2D eigenvalue weighted by Crippen LogP contribution is -2.40. The van der Waals surface area contributed by atoms with Gasteiger partial charge in [0.25, 0.3) is 5.91 Å². The molecule has 0 saturated carbocycles. The van der Waals surface area contributed by atoms with E-state index >= 15 is 0 Å². The van der Waals surface area contributed by atoms with Crippen molar-refractivity contribution in [2.24, 2.45) is 0 Å². The van der Waals surface area contributed by atoms with Crippen molar-refractivity contribution in [3.05, 3.63) is 47.2 Å². The number of carbonyl (C=O) groups is 2. The average molecular weight is 617 g/mol. The predicted octanol–water partition coefficient (Wildman–Crippen LogP) is 5.01. The number of benzene rings is 1. The highest BCUT2D eigenvalue weighted by Gasteiger charge is 2.46. The van der Waals surface area contributed by atoms with Crippen LogP contribution >= 0.6 is 0 Å². The first kappa shape index (κ1) is 33.4. The number of halogens is 3. The maximum absolute atomic E-state index is 12.6. The van der Waals surface area contributed by atoms with Crippen LogP contribution in [0.3, 0.4) is 0 Å². The summed E-state index contributed by atoms with van der Waals surface area (Å²) < 4.78 is 72.5. The van der Waals surface area contributed by atoms with Crippen LogP contribution in [-0.4, -0.2) is 55.8 Å². The van der Waals surface area contributed by atoms with Crippen molar-refractivity contribution in [2.75, 3.05) is 20.2 Å². The highest BCUT2D eigenvalue weighted by Crippen LogP contribution is 2.34. The largest absolute Gasteiger partial charge is 0.516 e. The molecule has 1 atom stereocenters. The Labute approximate surface area is 244 Å². The number of hydrogen-bond donors (Lipinski definition) is 2. The van der Waals surface area contributed by atoms with Crippen molar-refractivity contribution >= 4 is 21.8 Å². The first-order valence-electron chi connectivity index (χ1n) is 14.2. The Balaban J connectivity index is 1.62. The number of unbranched alkanes of at least 4 members (excludes halogenated alkanes) is 5. The molecule has 2 amide bonds. The fraction of sp³-hybridized carbons (Fsp3) is 0.607. The Hall–Kier alpha value is -3.13. The molecule has 1 aromatic heterocycles. The number of likely N-dealkylation sites (tertiary alicyclic amines) is 1. The van der Waals surface area contributed by atoms with E-state index in [9.17, 15) is 31.2 Å². The third-order valence-corrected chi connectivity index (χ3v) is 8.29. The van der Waals surface area contributed by atoms with E-state index in [0.29, 0.717) is 36.8 Å². The van der Waals surface area contributed by atoms with E-state index in [0.717, 1.165) is 42.4 Å². The second-order valence-electron chi connectivity index (χ2n) is 10.3. The maximum Gasteiger partial charge on any atom is 0.516 e. The van der Waals surface area contributed by atoms with Gasteiger partial charge in [-0.1, -0.05) is 45.1 Å². The standard InChI is InChI=1S/C28H39F3N4O6S/c1-3-4-5-6-7-8-15-32-26(37)23-19-41-27(33-23)24-10-9-16-35(24)18-21-17-22(40-2)13-11-20(21)12-14-25(36)34-42(38,39)28(29,30)31/h11,13,17,19,24H,3-10,12,14-16,18H2,1-2H3,(H,32,37)(H,34,36). The first-order valence-corrected chi connectivity index (χ1v) is 15.7. The number of alkyl halides is 3. The summed E-state index contributed by atoms with van der Waals surface area (Å²) >= 11 is 0. The number of nitrogens with zero attached hydrogens (tertiary/aromatic N) is 2. The molecule has 10 nitrogen and oxygen atoms in total. The number of sulfonamides is 1. The van der Waals surface area contributed by atoms with Gasteiger partial charge < -0.3 is 14.5 Å². The van der Waals surface area contributed by atoms with Gasteiger partial charge in [-0.05, 0) is 55.5 Å². The van der Waals surface area contributed by atoms with Gasteiger partial charge in [-0.3, -0.25) is 14.5 Å². The number of carbonyl (C=O) groups excluding carboxylic acids is 2. The van der Waals surface area contributed by atoms with Gasteiger partial charge in [-0.2, -0.15) is 21.6 Å². The molecule has 0 bridgehead atoms. The quantitative estimate of drug-likeness (QED) is 0.252. The summed E-state index contributed by atoms with van der Waals surface area (Å²) in [6, 6.07) is 4.92. The molecule has 0 spiro atoms. The molecule has 1 fully saturated rings. The van der Waals surface area contributed by atoms with Crippen molar-refractivity contribution in [3.8, 4) is 5.75 Å². The Morgan fingerprint density at radius 3 is 2.60 bits per heavy atom. The van der Waals surface area contributed by atoms with Gasteiger partial charge in [0.1, 0.15) is 12.0 Å². The second-order valence-corrected chi connectivity index (χ2v) is 12.0. The number of methoxy groups -OCH3 is 1. The van der Waals surface area contributed by atoms with Gasteiger partial charge in [-0.15, -0.1) is 0 Å². The van der Waals surface area contributed by atoms with E-state index in [2.05, 4.69) is 22.1 Å². The summed E-state index contributed by atoms with van der Waals surface area (Å²) in [4.78, 5) is 31.1. The molecular formula is C28H39F3N4O6S. The van der Waals surface area contributed by atoms with Gasteiger partial charge >= 0.3 is 15.5 Å². The minimum Gasteiger partial charge on any atom is -0.497 e. The molecule has 14 heteroatoms. The minimum atomic E-state index is -5.77. The van der Waals surface area contributed by atoms with Gasteiger partial charge in [0.2, 0.25) is 11.8 Å². The third-order valence-electron chi connectivity index (χ3n) is 7.18. The SMILES string of the molecule is CCCCCCCCNC(=O)c1coc(C2CCCN2Cc2cc(OC)ccc2CCC(=O)NS(=O)(=O)C(F)(F)F)n1. The summed E-state index contributed by atoms with van der Waals surface area (Å²) in [7, 11) is -4.27. The van der Waals surface area contributed by atoms with E-state index in [-0.39, 0.29) is 24.1 Å². The van der Waals surface area contributed by atoms with Crippen LogP contribution in [-0.2, 0) is 27.8 Å². The number of oxazole rings is 1. The van der Waals surface area contributed by atoms with Crippen molar-refractivity contribution in [3.63, 3.8) is 0 Å². The molecule has 1 aliphatic rings. The molecule has 1 aliphatic heterocycles. The zero-order valence-electron chi connectivity index (χ0n) is 24.0. The van der Waals surface area contributed by atoms with Crippen LogP contribution in [0.5, 0.6) is 5.75 Å². The Kier molecular flexibility index (Phi) is 12.2. The fourth-order valence-electron chi connectivity index (χ4n) is 4.88. The number of ether oxygens (including phenoxy) is 1. The van der Waals surface area contributed by atoms with Gasteiger partial charge in [-0.25, -0.2) is 9.71 Å². The smallest absolute Gasteiger partial charge is 0.497 e. The molecule has 0 radical (unpaired) electrons. The highest BCUT2D eigenvalue weighted by atomic mass is 32.2. The normalized spacial score (nSPS) is 16.0. The second kappa shape index (κ2) is 15.4. The predicted molar refractivity (Wildman–Crippen MR) is 149 cm³/mol. The molecule has 234 valence electrons. The van der Waals surface area contributed by atoms with Crippen LogP contribution in [0.4, 0.5) is 13.2 Å². The van der Waals surface area contributed by atoms with Gasteiger partial charge in [0, 0.05) is 19.5 Å². The molecule has 2 aromatic rings. The first-order chi connectivity index (χ1) is 19.9. The topological polar surface area (TPSA) is 131 Å². The number of rotatable bonds is 16. The van der Waals surface area contributed by atoms with Crippen LogP contribution in [0.15, 0.2) is 28.9 Å². The summed E-state index contributed by atoms with van der Waals surface area (Å²) in [5.41, 5.74) is -3.95. The molecule has 2 heterocycles. The Bertz CT molecular complexity index is 1300. The molecule has 3 rings (SSSR count). The van der Waals surface area contributed by atoms with Crippen LogP contribution in [0, 0.1) is 0 Å². The zero-order chi connectivity index (χ0) is 30.8. The molecule has 1 saturated heterocycles. The van der Waals surface area contributed by atoms with E-state index in [1.54, 1.807) is 18.2 Å². The van der Waals surface area contributed by atoms with E-state index in [1.165, 1.54) is 32.6 Å². The molecule has 1 aromatic carbocycles. The van der Waals surface area contributed by atoms with Crippen molar-refractivity contribution in [2.45, 2.75) is 89.2 Å². The number of aromatic nitrogens is 1. The Morgan fingerprint density at radius 2 is 1.88 bits per heavy atom. The number of aryl methyl sites for hydroxylation is 1. The van der Waals surface area contributed by atoms with Crippen molar-refractivity contribution in [1.29, 1.82) is 0 Å². The number of nitrogens with one attached hydrogen (secondary N) is 2. The minimum absolute atomic E-state index is 0.0129. The zero-order valence-corrected chi connectivity index (χ0v) is 24.8. The van der Waals surface area contributed by atoms with Crippen LogP contribution in [0.25, 0.3) is 0 Å². The van der Waals surface area contributed by atoms with Crippen LogP contribution in [0.2, 0.25) is 0 Å². The molecular weight excluding hydrogens is 577 g/mol. The molecule has 0 aliphatic carbocycles. The molecule has 42 heavy (non-hydrogen) atoms. The molecule has 2 N–H and O–H groups in total. The third kappa shape index (κ3) is 9.45. The average Bonchev–Trinajstić information content (AvgIpc) is 3.60. The van der Waals surface area contributed by atoms with E-state index in [1.807, 2.05) is 0 Å². The number of hydrogen-bond acceptors (Lipinski definition) is 8. The maximum atomic E-state index is 12.6. The summed E-state index contributed by atoms with van der Waals surface area (Å²) in [5.74, 6) is -0.577. The van der Waals surface area contributed by atoms with E-state index < -0.39 is 27.9 Å². The Morgan fingerprint density at radius 1 is 1.14 bits per heavy atom. The fourth-order valence-corrected chi connectivity index (χ4v) is 5.40. The summed E-state index contributed by atoms with van der Waals surface area (Å²) in [6.07, 6.45) is 9.22. The van der Waals surface area contributed by atoms with Crippen LogP contribution in [0.1, 0.15) is 98.3 Å². The monoisotopic (exact) mass is 616 g/mol. The lowest BCUT2D eigenvalue weighted by molar-refractivity contribution is -0.120. The van der Waals surface area contributed by atoms with Crippen molar-refractivity contribution < 1.29 is 40.3 Å².